The van der Waals surface area contributed by atoms with Crippen LogP contribution in [0.4, 0.5) is 11.4 Å². The van der Waals surface area contributed by atoms with E-state index in [-0.39, 0.29) is 0 Å². The van der Waals surface area contributed by atoms with E-state index >= 15 is 0 Å². The lowest BCUT2D eigenvalue weighted by atomic mass is 10.1. The summed E-state index contributed by atoms with van der Waals surface area (Å²) >= 11 is 0. The number of hydrogen-bond acceptors (Lipinski definition) is 4. The van der Waals surface area contributed by atoms with E-state index in [2.05, 4.69) is 24.0 Å². The van der Waals surface area contributed by atoms with E-state index in [1.165, 1.54) is 11.1 Å². The summed E-state index contributed by atoms with van der Waals surface area (Å²) in [7, 11) is 0. The molecule has 4 heteroatoms. The van der Waals surface area contributed by atoms with Crippen molar-refractivity contribution in [1.29, 1.82) is 0 Å². The van der Waals surface area contributed by atoms with Crippen molar-refractivity contribution in [2.24, 2.45) is 0 Å². The van der Waals surface area contributed by atoms with E-state index in [1.54, 1.807) is 0 Å². The number of anilines is 2. The van der Waals surface area contributed by atoms with E-state index in [0.29, 0.717) is 12.3 Å². The Morgan fingerprint density at radius 2 is 1.61 bits per heavy atom. The third kappa shape index (κ3) is 5.76. The van der Waals surface area contributed by atoms with Gasteiger partial charge >= 0.3 is 0 Å². The number of nitrogen functional groups attached to an aromatic ring is 2. The number of likely N-dealkylation sites (N-methyl/N-ethyl adjacent to an activating group) is 1. The Labute approximate surface area is 167 Å². The number of ether oxygens (including phenoxy) is 1. The molecule has 0 radical (unpaired) electrons. The molecule has 0 unspecified atom stereocenters. The minimum absolute atomic E-state index is 0.522. The van der Waals surface area contributed by atoms with Crippen LogP contribution in [0.5, 0.6) is 5.75 Å². The van der Waals surface area contributed by atoms with Gasteiger partial charge in [0.1, 0.15) is 12.4 Å². The van der Waals surface area contributed by atoms with Crippen LogP contribution in [0.15, 0.2) is 72.8 Å². The molecule has 4 N–H and O–H groups in total. The van der Waals surface area contributed by atoms with Crippen LogP contribution in [0.2, 0.25) is 0 Å². The van der Waals surface area contributed by atoms with E-state index in [9.17, 15) is 0 Å². The van der Waals surface area contributed by atoms with Crippen molar-refractivity contribution in [3.63, 3.8) is 0 Å². The molecule has 0 spiro atoms. The minimum atomic E-state index is 0.522. The highest BCUT2D eigenvalue weighted by Crippen LogP contribution is 2.24. The van der Waals surface area contributed by atoms with Crippen molar-refractivity contribution >= 4 is 11.4 Å². The van der Waals surface area contributed by atoms with Crippen molar-refractivity contribution in [2.45, 2.75) is 26.5 Å². The fourth-order valence-electron chi connectivity index (χ4n) is 3.21. The molecule has 0 fully saturated rings. The first-order valence-electron chi connectivity index (χ1n) is 9.76. The lowest BCUT2D eigenvalue weighted by molar-refractivity contribution is 0.283. The minimum Gasteiger partial charge on any atom is -0.487 e. The Hall–Kier alpha value is -2.98. The zero-order valence-corrected chi connectivity index (χ0v) is 16.5. The highest BCUT2D eigenvalue weighted by Gasteiger charge is 2.07. The van der Waals surface area contributed by atoms with Crippen molar-refractivity contribution in [2.75, 3.05) is 24.6 Å². The summed E-state index contributed by atoms with van der Waals surface area (Å²) in [6.45, 7) is 5.56. The summed E-state index contributed by atoms with van der Waals surface area (Å²) < 4.78 is 5.87. The molecule has 0 aliphatic heterocycles. The molecule has 0 aliphatic rings. The predicted molar refractivity (Wildman–Crippen MR) is 117 cm³/mol. The number of nitrogens with zero attached hydrogens (tertiary/aromatic N) is 1. The first-order chi connectivity index (χ1) is 13.6. The van der Waals surface area contributed by atoms with Gasteiger partial charge in [-0.2, -0.15) is 0 Å². The van der Waals surface area contributed by atoms with Gasteiger partial charge < -0.3 is 16.2 Å². The second kappa shape index (κ2) is 9.81. The van der Waals surface area contributed by atoms with Gasteiger partial charge in [0, 0.05) is 18.8 Å². The van der Waals surface area contributed by atoms with Crippen LogP contribution < -0.4 is 16.2 Å². The first-order valence-corrected chi connectivity index (χ1v) is 9.76. The van der Waals surface area contributed by atoms with Crippen LogP contribution >= 0.6 is 0 Å². The van der Waals surface area contributed by atoms with Crippen molar-refractivity contribution in [3.8, 4) is 5.75 Å². The van der Waals surface area contributed by atoms with Gasteiger partial charge in [-0.3, -0.25) is 4.90 Å². The maximum Gasteiger partial charge on any atom is 0.142 e. The average Bonchev–Trinajstić information content (AvgIpc) is 2.71. The summed E-state index contributed by atoms with van der Waals surface area (Å²) in [4.78, 5) is 2.41. The lowest BCUT2D eigenvalue weighted by Gasteiger charge is -2.21. The monoisotopic (exact) mass is 375 g/mol. The lowest BCUT2D eigenvalue weighted by Crippen LogP contribution is -2.25. The molecule has 0 atom stereocenters. The predicted octanol–water partition coefficient (Wildman–Crippen LogP) is 4.49. The van der Waals surface area contributed by atoms with Crippen LogP contribution in [0.3, 0.4) is 0 Å². The zero-order chi connectivity index (χ0) is 19.8. The Morgan fingerprint density at radius 1 is 0.821 bits per heavy atom. The van der Waals surface area contributed by atoms with Gasteiger partial charge in [0.25, 0.3) is 0 Å². The first kappa shape index (κ1) is 19.8. The molecule has 0 aromatic heterocycles. The molecule has 146 valence electrons. The second-order valence-electron chi connectivity index (χ2n) is 7.01. The number of benzene rings is 3. The SMILES string of the molecule is CCN(CCc1ccc(OCc2ccccc2)c(N)c1)Cc1cccc(N)c1. The van der Waals surface area contributed by atoms with E-state index in [4.69, 9.17) is 16.2 Å². The summed E-state index contributed by atoms with van der Waals surface area (Å²) in [6.07, 6.45) is 0.944. The molecule has 0 saturated heterocycles. The zero-order valence-electron chi connectivity index (χ0n) is 16.5. The Bertz CT molecular complexity index is 880. The fourth-order valence-corrected chi connectivity index (χ4v) is 3.21. The van der Waals surface area contributed by atoms with Crippen molar-refractivity contribution in [3.05, 3.63) is 89.5 Å². The van der Waals surface area contributed by atoms with Gasteiger partial charge in [-0.05, 0) is 53.9 Å². The summed E-state index contributed by atoms with van der Waals surface area (Å²) in [6, 6.07) is 24.3. The molecule has 0 aliphatic carbocycles. The van der Waals surface area contributed by atoms with Gasteiger partial charge in [0.15, 0.2) is 0 Å². The Kier molecular flexibility index (Phi) is 6.93. The van der Waals surface area contributed by atoms with Crippen LogP contribution in [0.25, 0.3) is 0 Å². The van der Waals surface area contributed by atoms with Crippen LogP contribution in [-0.4, -0.2) is 18.0 Å². The van der Waals surface area contributed by atoms with Crippen molar-refractivity contribution in [1.82, 2.24) is 4.90 Å². The summed E-state index contributed by atoms with van der Waals surface area (Å²) in [5.74, 6) is 0.736. The molecule has 3 aromatic carbocycles. The third-order valence-electron chi connectivity index (χ3n) is 4.83. The fraction of sp³-hybridized carbons (Fsp3) is 0.250. The van der Waals surface area contributed by atoms with Crippen LogP contribution in [0, 0.1) is 0 Å². The normalized spacial score (nSPS) is 10.9. The molecule has 0 amide bonds. The average molecular weight is 376 g/mol. The Morgan fingerprint density at radius 3 is 2.32 bits per heavy atom. The smallest absolute Gasteiger partial charge is 0.142 e. The van der Waals surface area contributed by atoms with Gasteiger partial charge in [-0.25, -0.2) is 0 Å². The largest absolute Gasteiger partial charge is 0.487 e. The third-order valence-corrected chi connectivity index (χ3v) is 4.83. The van der Waals surface area contributed by atoms with Crippen LogP contribution in [-0.2, 0) is 19.6 Å². The maximum absolute atomic E-state index is 6.21. The van der Waals surface area contributed by atoms with Crippen LogP contribution in [0.1, 0.15) is 23.6 Å². The highest BCUT2D eigenvalue weighted by molar-refractivity contribution is 5.54. The molecular formula is C24H29N3O. The molecule has 0 heterocycles. The molecule has 4 nitrogen and oxygen atoms in total. The van der Waals surface area contributed by atoms with Crippen molar-refractivity contribution < 1.29 is 4.74 Å². The topological polar surface area (TPSA) is 64.5 Å². The number of nitrogens with two attached hydrogens (primary N) is 2. The van der Waals surface area contributed by atoms with E-state index < -0.39 is 0 Å². The van der Waals surface area contributed by atoms with Gasteiger partial charge in [0.05, 0.1) is 5.69 Å². The standard InChI is InChI=1S/C24H29N3O/c1-2-27(17-21-9-6-10-22(25)15-21)14-13-19-11-12-24(23(26)16-19)28-18-20-7-4-3-5-8-20/h3-12,15-16H,2,13-14,17-18,25-26H2,1H3. The Balaban J connectivity index is 1.54. The molecule has 28 heavy (non-hydrogen) atoms. The second-order valence-corrected chi connectivity index (χ2v) is 7.01. The molecule has 3 rings (SSSR count). The molecule has 0 bridgehead atoms. The number of hydrogen-bond donors (Lipinski definition) is 2. The molecule has 0 saturated carbocycles. The molecule has 3 aromatic rings. The summed E-state index contributed by atoms with van der Waals surface area (Å²) in [5.41, 5.74) is 17.2. The van der Waals surface area contributed by atoms with E-state index in [0.717, 1.165) is 43.1 Å². The quantitative estimate of drug-likeness (QED) is 0.541. The summed E-state index contributed by atoms with van der Waals surface area (Å²) in [5, 5.41) is 0. The van der Waals surface area contributed by atoms with Gasteiger partial charge in [-0.1, -0.05) is 55.5 Å². The van der Waals surface area contributed by atoms with E-state index in [1.807, 2.05) is 60.7 Å². The molecular weight excluding hydrogens is 346 g/mol. The highest BCUT2D eigenvalue weighted by atomic mass is 16.5. The van der Waals surface area contributed by atoms with Gasteiger partial charge in [0.2, 0.25) is 0 Å². The maximum atomic E-state index is 6.21. The van der Waals surface area contributed by atoms with Gasteiger partial charge in [-0.15, -0.1) is 0 Å². The number of rotatable bonds is 9.